The second-order valence-electron chi connectivity index (χ2n) is 6.57. The topological polar surface area (TPSA) is 84.1 Å². The van der Waals surface area contributed by atoms with Crippen LogP contribution in [0.1, 0.15) is 24.2 Å². The molecule has 2 heterocycles. The molecule has 0 atom stereocenters. The second-order valence-corrected chi connectivity index (χ2v) is 6.57. The number of H-pyrrole nitrogens is 1. The van der Waals surface area contributed by atoms with Crippen LogP contribution in [0, 0.1) is 0 Å². The number of piperazine rings is 1. The highest BCUT2D eigenvalue weighted by atomic mass is 16.6. The maximum absolute atomic E-state index is 12.5. The van der Waals surface area contributed by atoms with E-state index in [1.165, 1.54) is 0 Å². The number of esters is 1. The van der Waals surface area contributed by atoms with Crippen LogP contribution in [-0.2, 0) is 9.47 Å². The molecule has 1 amide bonds. The van der Waals surface area contributed by atoms with E-state index in [9.17, 15) is 9.59 Å². The smallest absolute Gasteiger partial charge is 0.409 e. The third kappa shape index (κ3) is 4.64. The highest BCUT2D eigenvalue weighted by molar-refractivity contribution is 5.97. The van der Waals surface area contributed by atoms with Crippen molar-refractivity contribution in [1.82, 2.24) is 9.88 Å². The molecule has 0 unspecified atom stereocenters. The van der Waals surface area contributed by atoms with E-state index in [1.54, 1.807) is 25.9 Å². The largest absolute Gasteiger partial charge is 0.497 e. The van der Waals surface area contributed by atoms with Gasteiger partial charge in [-0.2, -0.15) is 0 Å². The molecule has 8 nitrogen and oxygen atoms in total. The molecule has 0 saturated carbocycles. The van der Waals surface area contributed by atoms with Gasteiger partial charge in [-0.25, -0.2) is 9.59 Å². The normalized spacial score (nSPS) is 13.9. The minimum atomic E-state index is -0.369. The van der Waals surface area contributed by atoms with Crippen LogP contribution in [0.25, 0.3) is 11.3 Å². The summed E-state index contributed by atoms with van der Waals surface area (Å²) in [5, 5.41) is 0. The van der Waals surface area contributed by atoms with Crippen LogP contribution < -0.4 is 9.64 Å². The lowest BCUT2D eigenvalue weighted by atomic mass is 10.1. The van der Waals surface area contributed by atoms with Crippen LogP contribution in [0.5, 0.6) is 5.75 Å². The van der Waals surface area contributed by atoms with E-state index >= 15 is 0 Å². The van der Waals surface area contributed by atoms with Crippen molar-refractivity contribution in [3.05, 3.63) is 35.9 Å². The van der Waals surface area contributed by atoms with E-state index in [4.69, 9.17) is 14.2 Å². The van der Waals surface area contributed by atoms with Gasteiger partial charge in [0.25, 0.3) is 0 Å². The molecule has 1 aromatic carbocycles. The number of hydrogen-bond donors (Lipinski definition) is 1. The summed E-state index contributed by atoms with van der Waals surface area (Å²) in [4.78, 5) is 31.6. The van der Waals surface area contributed by atoms with Gasteiger partial charge in [0.05, 0.1) is 20.3 Å². The zero-order valence-corrected chi connectivity index (χ0v) is 17.1. The Kier molecular flexibility index (Phi) is 6.64. The Morgan fingerprint density at radius 2 is 1.66 bits per heavy atom. The Morgan fingerprint density at radius 3 is 2.24 bits per heavy atom. The molecular formula is C21H27N3O5. The van der Waals surface area contributed by atoms with Gasteiger partial charge >= 0.3 is 12.1 Å². The predicted molar refractivity (Wildman–Crippen MR) is 110 cm³/mol. The number of hydrogen-bond acceptors (Lipinski definition) is 6. The van der Waals surface area contributed by atoms with Crippen molar-refractivity contribution in [2.45, 2.75) is 13.8 Å². The number of anilines is 1. The van der Waals surface area contributed by atoms with Gasteiger partial charge in [-0.05, 0) is 49.7 Å². The lowest BCUT2D eigenvalue weighted by Crippen LogP contribution is -2.49. The molecule has 3 rings (SSSR count). The second kappa shape index (κ2) is 9.36. The zero-order chi connectivity index (χ0) is 20.8. The third-order valence-electron chi connectivity index (χ3n) is 4.82. The average Bonchev–Trinajstić information content (AvgIpc) is 3.20. The number of amides is 1. The molecule has 0 bridgehead atoms. The first-order valence-corrected chi connectivity index (χ1v) is 9.78. The quantitative estimate of drug-likeness (QED) is 0.749. The van der Waals surface area contributed by atoms with Crippen LogP contribution in [0.4, 0.5) is 10.6 Å². The highest BCUT2D eigenvalue weighted by Gasteiger charge is 2.27. The lowest BCUT2D eigenvalue weighted by Gasteiger charge is -2.35. The number of benzene rings is 1. The summed E-state index contributed by atoms with van der Waals surface area (Å²) in [7, 11) is 1.62. The molecule has 156 valence electrons. The molecule has 8 heteroatoms. The fourth-order valence-corrected chi connectivity index (χ4v) is 3.31. The fourth-order valence-electron chi connectivity index (χ4n) is 3.31. The molecule has 1 aliphatic rings. The molecule has 1 fully saturated rings. The number of carbonyl (C=O) groups excluding carboxylic acids is 2. The zero-order valence-electron chi connectivity index (χ0n) is 17.1. The molecule has 0 spiro atoms. The highest BCUT2D eigenvalue weighted by Crippen LogP contribution is 2.30. The fraction of sp³-hybridized carbons (Fsp3) is 0.429. The van der Waals surface area contributed by atoms with Crippen molar-refractivity contribution in [1.29, 1.82) is 0 Å². The first-order valence-electron chi connectivity index (χ1n) is 9.78. The Hall–Kier alpha value is -3.16. The first-order chi connectivity index (χ1) is 14.1. The number of nitrogens with one attached hydrogen (secondary N) is 1. The van der Waals surface area contributed by atoms with E-state index in [2.05, 4.69) is 9.88 Å². The SMILES string of the molecule is CCOC(=O)c1cc(-c2ccc(OC)cc2)[nH]c1N1CCN(C(=O)OCC)CC1. The van der Waals surface area contributed by atoms with E-state index in [-0.39, 0.29) is 12.1 Å². The van der Waals surface area contributed by atoms with Gasteiger partial charge in [-0.3, -0.25) is 0 Å². The summed E-state index contributed by atoms with van der Waals surface area (Å²) in [6.07, 6.45) is -0.303. The van der Waals surface area contributed by atoms with Gasteiger partial charge in [0.15, 0.2) is 0 Å². The maximum atomic E-state index is 12.5. The number of aromatic amines is 1. The molecule has 29 heavy (non-hydrogen) atoms. The minimum absolute atomic E-state index is 0.303. The predicted octanol–water partition coefficient (Wildman–Crippen LogP) is 3.15. The van der Waals surface area contributed by atoms with Gasteiger partial charge in [0.2, 0.25) is 0 Å². The van der Waals surface area contributed by atoms with Crippen LogP contribution in [0.15, 0.2) is 30.3 Å². The van der Waals surface area contributed by atoms with Crippen molar-refractivity contribution in [2.75, 3.05) is 51.4 Å². The monoisotopic (exact) mass is 401 g/mol. The Labute approximate surface area is 170 Å². The van der Waals surface area contributed by atoms with Crippen LogP contribution in [0.2, 0.25) is 0 Å². The summed E-state index contributed by atoms with van der Waals surface area (Å²) < 4.78 is 15.5. The maximum Gasteiger partial charge on any atom is 0.409 e. The van der Waals surface area contributed by atoms with Crippen molar-refractivity contribution in [3.63, 3.8) is 0 Å². The summed E-state index contributed by atoms with van der Waals surface area (Å²) in [6, 6.07) is 9.42. The van der Waals surface area contributed by atoms with Gasteiger partial charge < -0.3 is 29.0 Å². The van der Waals surface area contributed by atoms with Crippen molar-refractivity contribution in [3.8, 4) is 17.0 Å². The molecule has 1 aromatic heterocycles. The van der Waals surface area contributed by atoms with E-state index in [0.29, 0.717) is 50.8 Å². The number of carbonyl (C=O) groups is 2. The van der Waals surface area contributed by atoms with Crippen molar-refractivity contribution in [2.24, 2.45) is 0 Å². The Balaban J connectivity index is 1.84. The molecule has 1 saturated heterocycles. The van der Waals surface area contributed by atoms with Crippen LogP contribution >= 0.6 is 0 Å². The Bertz CT molecular complexity index is 839. The van der Waals surface area contributed by atoms with Crippen molar-refractivity contribution >= 4 is 17.9 Å². The summed E-state index contributed by atoms with van der Waals surface area (Å²) in [6.45, 7) is 6.47. The van der Waals surface area contributed by atoms with E-state index in [0.717, 1.165) is 17.0 Å². The molecule has 0 radical (unpaired) electrons. The standard InChI is InChI=1S/C21H27N3O5/c1-4-28-20(25)17-14-18(15-6-8-16(27-3)9-7-15)22-19(17)23-10-12-24(13-11-23)21(26)29-5-2/h6-9,14,22H,4-5,10-13H2,1-3H3. The summed E-state index contributed by atoms with van der Waals surface area (Å²) >= 11 is 0. The first kappa shape index (κ1) is 20.6. The number of methoxy groups -OCH3 is 1. The molecular weight excluding hydrogens is 374 g/mol. The molecule has 0 aliphatic carbocycles. The van der Waals surface area contributed by atoms with Gasteiger partial charge in [0, 0.05) is 31.9 Å². The number of aromatic nitrogens is 1. The molecule has 1 N–H and O–H groups in total. The number of nitrogens with zero attached hydrogens (tertiary/aromatic N) is 2. The van der Waals surface area contributed by atoms with Crippen molar-refractivity contribution < 1.29 is 23.8 Å². The molecule has 1 aliphatic heterocycles. The Morgan fingerprint density at radius 1 is 1.00 bits per heavy atom. The summed E-state index contributed by atoms with van der Waals surface area (Å²) in [5.74, 6) is 1.10. The van der Waals surface area contributed by atoms with Gasteiger partial charge in [-0.1, -0.05) is 0 Å². The third-order valence-corrected chi connectivity index (χ3v) is 4.82. The van der Waals surface area contributed by atoms with Gasteiger partial charge in [0.1, 0.15) is 17.1 Å². The van der Waals surface area contributed by atoms with Crippen LogP contribution in [-0.4, -0.2) is 68.4 Å². The average molecular weight is 401 g/mol. The summed E-state index contributed by atoms with van der Waals surface area (Å²) in [5.41, 5.74) is 2.24. The van der Waals surface area contributed by atoms with E-state index < -0.39 is 0 Å². The molecule has 2 aromatic rings. The number of rotatable bonds is 6. The lowest BCUT2D eigenvalue weighted by molar-refractivity contribution is 0.0526. The van der Waals surface area contributed by atoms with E-state index in [1.807, 2.05) is 30.3 Å². The van der Waals surface area contributed by atoms with Gasteiger partial charge in [-0.15, -0.1) is 0 Å². The minimum Gasteiger partial charge on any atom is -0.497 e. The number of ether oxygens (including phenoxy) is 3. The van der Waals surface area contributed by atoms with Crippen LogP contribution in [0.3, 0.4) is 0 Å².